The van der Waals surface area contributed by atoms with E-state index in [1.54, 1.807) is 0 Å². The fraction of sp³-hybridized carbons (Fsp3) is 0.222. The molecule has 2 unspecified atom stereocenters. The molecule has 0 saturated heterocycles. The molecule has 17 heavy (non-hydrogen) atoms. The molecule has 5 N–H and O–H groups in total. The summed E-state index contributed by atoms with van der Waals surface area (Å²) in [4.78, 5) is 20.2. The van der Waals surface area contributed by atoms with E-state index in [2.05, 4.69) is 0 Å². The lowest BCUT2D eigenvalue weighted by molar-refractivity contribution is -0.385. The van der Waals surface area contributed by atoms with Crippen LogP contribution in [-0.4, -0.2) is 32.3 Å². The van der Waals surface area contributed by atoms with Crippen LogP contribution in [0.3, 0.4) is 0 Å². The zero-order chi connectivity index (χ0) is 13.2. The molecule has 0 saturated carbocycles. The van der Waals surface area contributed by atoms with Crippen LogP contribution in [0.4, 0.5) is 5.69 Å². The minimum Gasteiger partial charge on any atom is -0.502 e. The predicted molar refractivity (Wildman–Crippen MR) is 54.9 cm³/mol. The summed E-state index contributed by atoms with van der Waals surface area (Å²) in [6, 6.07) is 2.94. The average Bonchev–Trinajstić information content (AvgIpc) is 2.26. The van der Waals surface area contributed by atoms with Crippen molar-refractivity contribution in [2.24, 2.45) is 5.73 Å². The third-order valence-electron chi connectivity index (χ3n) is 2.13. The summed E-state index contributed by atoms with van der Waals surface area (Å²) in [6.45, 7) is 0. The molecule has 1 aromatic carbocycles. The van der Waals surface area contributed by atoms with Crippen LogP contribution in [-0.2, 0) is 4.79 Å². The smallest absolute Gasteiger partial charge is 0.310 e. The molecule has 0 radical (unpaired) electrons. The first kappa shape index (κ1) is 12.9. The van der Waals surface area contributed by atoms with Crippen molar-refractivity contribution in [1.29, 1.82) is 0 Å². The second kappa shape index (κ2) is 4.76. The molecule has 0 fully saturated rings. The number of amides is 1. The first-order valence-electron chi connectivity index (χ1n) is 4.47. The van der Waals surface area contributed by atoms with Crippen molar-refractivity contribution in [2.45, 2.75) is 12.2 Å². The van der Waals surface area contributed by atoms with Crippen LogP contribution in [0.5, 0.6) is 5.75 Å². The van der Waals surface area contributed by atoms with Crippen LogP contribution in [0.1, 0.15) is 11.7 Å². The van der Waals surface area contributed by atoms with Crippen molar-refractivity contribution in [2.75, 3.05) is 0 Å². The Labute approximate surface area is 95.1 Å². The molecule has 1 aromatic rings. The monoisotopic (exact) mass is 242 g/mol. The van der Waals surface area contributed by atoms with Gasteiger partial charge in [0, 0.05) is 6.07 Å². The fourth-order valence-corrected chi connectivity index (χ4v) is 1.22. The number of hydrogen-bond donors (Lipinski definition) is 4. The second-order valence-corrected chi connectivity index (χ2v) is 3.30. The van der Waals surface area contributed by atoms with Crippen LogP contribution in [0.2, 0.25) is 0 Å². The van der Waals surface area contributed by atoms with Gasteiger partial charge in [0.2, 0.25) is 5.91 Å². The first-order valence-corrected chi connectivity index (χ1v) is 4.47. The van der Waals surface area contributed by atoms with E-state index < -0.39 is 34.5 Å². The third kappa shape index (κ3) is 2.68. The second-order valence-electron chi connectivity index (χ2n) is 3.30. The van der Waals surface area contributed by atoms with Crippen LogP contribution in [0, 0.1) is 10.1 Å². The molecule has 0 bridgehead atoms. The maximum atomic E-state index is 10.6. The van der Waals surface area contributed by atoms with Gasteiger partial charge in [-0.15, -0.1) is 0 Å². The van der Waals surface area contributed by atoms with Crippen LogP contribution < -0.4 is 5.73 Å². The Kier molecular flexibility index (Phi) is 3.61. The Morgan fingerprint density at radius 1 is 1.41 bits per heavy atom. The van der Waals surface area contributed by atoms with Crippen molar-refractivity contribution in [1.82, 2.24) is 0 Å². The number of carbonyl (C=O) groups is 1. The largest absolute Gasteiger partial charge is 0.502 e. The summed E-state index contributed by atoms with van der Waals surface area (Å²) in [5, 5.41) is 38.3. The number of rotatable bonds is 4. The number of aliphatic hydroxyl groups is 2. The summed E-state index contributed by atoms with van der Waals surface area (Å²) in [5.74, 6) is -1.82. The third-order valence-corrected chi connectivity index (χ3v) is 2.13. The van der Waals surface area contributed by atoms with Crippen molar-refractivity contribution < 1.29 is 25.0 Å². The molecule has 0 spiro atoms. The predicted octanol–water partition coefficient (Wildman–Crippen LogP) is -0.820. The van der Waals surface area contributed by atoms with Gasteiger partial charge in [-0.25, -0.2) is 0 Å². The van der Waals surface area contributed by atoms with Gasteiger partial charge in [-0.3, -0.25) is 14.9 Å². The fourth-order valence-electron chi connectivity index (χ4n) is 1.22. The van der Waals surface area contributed by atoms with Crippen molar-refractivity contribution in [3.8, 4) is 5.75 Å². The summed E-state index contributed by atoms with van der Waals surface area (Å²) in [6.07, 6.45) is -3.50. The normalized spacial score (nSPS) is 14.0. The molecule has 0 aliphatic rings. The Bertz CT molecular complexity index is 461. The number of nitrogens with zero attached hydrogens (tertiary/aromatic N) is 1. The number of carbonyl (C=O) groups excluding carboxylic acids is 1. The lowest BCUT2D eigenvalue weighted by Gasteiger charge is -2.15. The highest BCUT2D eigenvalue weighted by Crippen LogP contribution is 2.29. The lowest BCUT2D eigenvalue weighted by atomic mass is 10.0. The Hall–Kier alpha value is -2.19. The molecule has 0 heterocycles. The molecule has 0 aromatic heterocycles. The molecule has 0 aliphatic heterocycles. The minimum atomic E-state index is -1.85. The van der Waals surface area contributed by atoms with Gasteiger partial charge in [-0.1, -0.05) is 0 Å². The van der Waals surface area contributed by atoms with Crippen LogP contribution in [0.25, 0.3) is 0 Å². The van der Waals surface area contributed by atoms with Gasteiger partial charge in [0.05, 0.1) is 4.92 Å². The first-order chi connectivity index (χ1) is 7.84. The topological polar surface area (TPSA) is 147 Å². The maximum Gasteiger partial charge on any atom is 0.310 e. The number of phenolic OH excluding ortho intramolecular Hbond substituents is 1. The number of phenols is 1. The van der Waals surface area contributed by atoms with Gasteiger partial charge >= 0.3 is 5.69 Å². The number of nitrogens with two attached hydrogens (primary N) is 1. The zero-order valence-electron chi connectivity index (χ0n) is 8.48. The molecule has 8 heteroatoms. The number of primary amides is 1. The van der Waals surface area contributed by atoms with E-state index in [4.69, 9.17) is 5.73 Å². The van der Waals surface area contributed by atoms with Gasteiger partial charge in [-0.2, -0.15) is 0 Å². The number of nitro benzene ring substituents is 1. The van der Waals surface area contributed by atoms with E-state index in [1.807, 2.05) is 0 Å². The maximum absolute atomic E-state index is 10.6. The van der Waals surface area contributed by atoms with E-state index in [0.717, 1.165) is 18.2 Å². The van der Waals surface area contributed by atoms with Gasteiger partial charge in [0.15, 0.2) is 11.9 Å². The Balaban J connectivity index is 3.05. The molecule has 92 valence electrons. The summed E-state index contributed by atoms with van der Waals surface area (Å²) in [7, 11) is 0. The number of nitro groups is 1. The van der Waals surface area contributed by atoms with Gasteiger partial charge in [0.1, 0.15) is 6.10 Å². The molecule has 8 nitrogen and oxygen atoms in total. The standard InChI is InChI=1S/C9H10N2O6/c10-9(15)8(14)7(13)4-1-2-5(11(16)17)6(12)3-4/h1-3,7-8,12-14H,(H2,10,15). The van der Waals surface area contributed by atoms with Gasteiger partial charge in [-0.05, 0) is 17.7 Å². The lowest BCUT2D eigenvalue weighted by Crippen LogP contribution is -2.33. The summed E-state index contributed by atoms with van der Waals surface area (Å²) in [5.41, 5.74) is 4.17. The highest BCUT2D eigenvalue weighted by atomic mass is 16.6. The van der Waals surface area contributed by atoms with Crippen LogP contribution in [0.15, 0.2) is 18.2 Å². The van der Waals surface area contributed by atoms with E-state index >= 15 is 0 Å². The Morgan fingerprint density at radius 2 is 2.00 bits per heavy atom. The molecular formula is C9H10N2O6. The molecular weight excluding hydrogens is 232 g/mol. The quantitative estimate of drug-likeness (QED) is 0.400. The number of hydrogen-bond acceptors (Lipinski definition) is 6. The molecule has 1 rings (SSSR count). The van der Waals surface area contributed by atoms with E-state index in [0.29, 0.717) is 0 Å². The Morgan fingerprint density at radius 3 is 2.41 bits per heavy atom. The van der Waals surface area contributed by atoms with Crippen molar-refractivity contribution in [3.05, 3.63) is 33.9 Å². The summed E-state index contributed by atoms with van der Waals surface area (Å²) < 4.78 is 0. The molecule has 2 atom stereocenters. The highest BCUT2D eigenvalue weighted by molar-refractivity contribution is 5.79. The zero-order valence-corrected chi connectivity index (χ0v) is 8.48. The van der Waals surface area contributed by atoms with E-state index in [-0.39, 0.29) is 5.56 Å². The number of benzene rings is 1. The van der Waals surface area contributed by atoms with Crippen molar-refractivity contribution >= 4 is 11.6 Å². The van der Waals surface area contributed by atoms with Crippen LogP contribution >= 0.6 is 0 Å². The van der Waals surface area contributed by atoms with E-state index in [1.165, 1.54) is 0 Å². The van der Waals surface area contributed by atoms with Crippen molar-refractivity contribution in [3.63, 3.8) is 0 Å². The van der Waals surface area contributed by atoms with Gasteiger partial charge in [0.25, 0.3) is 0 Å². The SMILES string of the molecule is NC(=O)C(O)C(O)c1ccc([N+](=O)[O-])c(O)c1. The molecule has 1 amide bonds. The van der Waals surface area contributed by atoms with E-state index in [9.17, 15) is 30.2 Å². The van der Waals surface area contributed by atoms with Gasteiger partial charge < -0.3 is 21.1 Å². The number of aliphatic hydroxyl groups excluding tert-OH is 2. The highest BCUT2D eigenvalue weighted by Gasteiger charge is 2.25. The average molecular weight is 242 g/mol. The summed E-state index contributed by atoms with van der Waals surface area (Å²) >= 11 is 0. The number of aromatic hydroxyl groups is 1. The molecule has 0 aliphatic carbocycles. The minimum absolute atomic E-state index is 0.0561.